The lowest BCUT2D eigenvalue weighted by atomic mass is 9.62. The second kappa shape index (κ2) is 11.9. The topological polar surface area (TPSA) is 111 Å². The van der Waals surface area contributed by atoms with Crippen molar-refractivity contribution in [1.82, 2.24) is 5.32 Å². The van der Waals surface area contributed by atoms with Gasteiger partial charge in [-0.05, 0) is 53.8 Å². The number of nitriles is 1. The number of carboxylic acids is 1. The lowest BCUT2D eigenvalue weighted by Crippen LogP contribution is -2.45. The first-order chi connectivity index (χ1) is 19.7. The second-order valence-electron chi connectivity index (χ2n) is 11.4. The smallest absolute Gasteiger partial charge is 0.335 e. The van der Waals surface area contributed by atoms with Gasteiger partial charge in [-0.15, -0.1) is 0 Å². The van der Waals surface area contributed by atoms with Gasteiger partial charge in [0.05, 0.1) is 35.5 Å². The second-order valence-corrected chi connectivity index (χ2v) is 12.2. The molecule has 0 spiro atoms. The quantitative estimate of drug-likeness (QED) is 0.265. The lowest BCUT2D eigenvalue weighted by molar-refractivity contribution is -0.118. The number of halogens is 4. The largest absolute Gasteiger partial charge is 0.495 e. The number of rotatable bonds is 7. The molecule has 0 saturated carbocycles. The number of carbonyl (C=O) groups is 2. The van der Waals surface area contributed by atoms with Crippen molar-refractivity contribution in [2.45, 2.75) is 50.6 Å². The number of amides is 1. The first-order valence-corrected chi connectivity index (χ1v) is 13.8. The number of carbonyl (C=O) groups excluding carboxylic acids is 1. The number of anilines is 1. The van der Waals surface area contributed by atoms with Gasteiger partial charge in [-0.2, -0.15) is 5.26 Å². The van der Waals surface area contributed by atoms with Crippen LogP contribution in [0.25, 0.3) is 0 Å². The van der Waals surface area contributed by atoms with E-state index < -0.39 is 52.3 Å². The zero-order valence-electron chi connectivity index (χ0n) is 23.3. The molecule has 7 nitrogen and oxygen atoms in total. The zero-order valence-corrected chi connectivity index (χ0v) is 24.8. The Kier molecular flexibility index (Phi) is 8.84. The summed E-state index contributed by atoms with van der Waals surface area (Å²) in [4.78, 5) is 25.5. The summed E-state index contributed by atoms with van der Waals surface area (Å²) >= 11 is 12.2. The third-order valence-electron chi connectivity index (χ3n) is 7.44. The third-order valence-corrected chi connectivity index (χ3v) is 7.96. The Balaban J connectivity index is 1.95. The van der Waals surface area contributed by atoms with Crippen molar-refractivity contribution in [2.24, 2.45) is 5.41 Å². The van der Waals surface area contributed by atoms with Crippen molar-refractivity contribution in [3.8, 4) is 11.8 Å². The van der Waals surface area contributed by atoms with Gasteiger partial charge in [0.2, 0.25) is 5.91 Å². The van der Waals surface area contributed by atoms with Gasteiger partial charge in [0.25, 0.3) is 0 Å². The van der Waals surface area contributed by atoms with E-state index in [4.69, 9.17) is 27.9 Å². The molecule has 1 aliphatic rings. The SMILES string of the molecule is COc1cc(C(=O)O)ccc1NC(=O)C1N[C@@H](CC(C)(C)C)C(C#N)(c2ccc(Cl)cc2F)C1c1cccc(Cl)c1F. The Bertz CT molecular complexity index is 1590. The highest BCUT2D eigenvalue weighted by Crippen LogP contribution is 2.53. The van der Waals surface area contributed by atoms with Crippen molar-refractivity contribution in [3.05, 3.63) is 93.0 Å². The molecule has 0 bridgehead atoms. The average Bonchev–Trinajstić information content (AvgIpc) is 3.23. The minimum absolute atomic E-state index is 0.0424. The molecule has 1 aliphatic heterocycles. The van der Waals surface area contributed by atoms with E-state index in [1.165, 1.54) is 55.6 Å². The maximum atomic E-state index is 15.8. The van der Waals surface area contributed by atoms with E-state index in [1.54, 1.807) is 0 Å². The van der Waals surface area contributed by atoms with Gasteiger partial charge >= 0.3 is 5.97 Å². The van der Waals surface area contributed by atoms with Crippen LogP contribution in [0.2, 0.25) is 10.0 Å². The fraction of sp³-hybridized carbons (Fsp3) is 0.323. The number of methoxy groups -OCH3 is 1. The highest BCUT2D eigenvalue weighted by atomic mass is 35.5. The molecule has 0 radical (unpaired) electrons. The summed E-state index contributed by atoms with van der Waals surface area (Å²) in [5, 5.41) is 26.1. The predicted molar refractivity (Wildman–Crippen MR) is 156 cm³/mol. The standard InChI is InChI=1S/C31H29Cl2F2N3O4/c1-30(2,3)14-24-31(15-36,19-10-9-17(32)13-21(19)34)25(18-6-5-7-20(33)26(18)35)27(38-24)28(39)37-22-11-8-16(29(40)41)12-23(22)42-4/h5-13,24-25,27,38H,14H2,1-4H3,(H,37,39)(H,40,41)/t24-,25?,27?,31?/m0/s1. The van der Waals surface area contributed by atoms with Crippen molar-refractivity contribution < 1.29 is 28.2 Å². The van der Waals surface area contributed by atoms with Gasteiger partial charge in [0.15, 0.2) is 0 Å². The van der Waals surface area contributed by atoms with E-state index in [0.717, 1.165) is 6.07 Å². The Morgan fingerprint density at radius 2 is 1.86 bits per heavy atom. The molecular weight excluding hydrogens is 587 g/mol. The van der Waals surface area contributed by atoms with Crippen LogP contribution in [0.4, 0.5) is 14.5 Å². The van der Waals surface area contributed by atoms with Crippen molar-refractivity contribution >= 4 is 40.8 Å². The normalized spacial score (nSPS) is 21.9. The van der Waals surface area contributed by atoms with Gasteiger partial charge in [-0.25, -0.2) is 13.6 Å². The Morgan fingerprint density at radius 1 is 1.14 bits per heavy atom. The predicted octanol–water partition coefficient (Wildman–Crippen LogP) is 6.94. The average molecular weight is 616 g/mol. The fourth-order valence-corrected chi connectivity index (χ4v) is 6.04. The number of hydrogen-bond donors (Lipinski definition) is 3. The minimum Gasteiger partial charge on any atom is -0.495 e. The summed E-state index contributed by atoms with van der Waals surface area (Å²) in [6, 6.07) is 12.3. The molecule has 3 aromatic rings. The Labute approximate surface area is 252 Å². The van der Waals surface area contributed by atoms with Crippen LogP contribution in [-0.4, -0.2) is 36.2 Å². The van der Waals surface area contributed by atoms with Gasteiger partial charge < -0.3 is 20.5 Å². The van der Waals surface area contributed by atoms with Gasteiger partial charge in [-0.1, -0.05) is 62.2 Å². The van der Waals surface area contributed by atoms with E-state index in [2.05, 4.69) is 16.7 Å². The first kappa shape index (κ1) is 31.2. The highest BCUT2D eigenvalue weighted by Gasteiger charge is 2.61. The molecule has 1 fully saturated rings. The van der Waals surface area contributed by atoms with Crippen LogP contribution in [0.3, 0.4) is 0 Å². The van der Waals surface area contributed by atoms with Crippen LogP contribution in [0, 0.1) is 28.4 Å². The number of nitrogens with one attached hydrogen (secondary N) is 2. The highest BCUT2D eigenvalue weighted by molar-refractivity contribution is 6.31. The third kappa shape index (κ3) is 5.80. The summed E-state index contributed by atoms with van der Waals surface area (Å²) in [7, 11) is 1.32. The van der Waals surface area contributed by atoms with E-state index in [1.807, 2.05) is 20.8 Å². The van der Waals surface area contributed by atoms with Crippen LogP contribution < -0.4 is 15.4 Å². The molecule has 42 heavy (non-hydrogen) atoms. The molecule has 0 aliphatic carbocycles. The number of hydrogen-bond acceptors (Lipinski definition) is 5. The molecule has 3 aromatic carbocycles. The van der Waals surface area contributed by atoms with Crippen LogP contribution in [0.1, 0.15) is 54.6 Å². The molecule has 3 N–H and O–H groups in total. The van der Waals surface area contributed by atoms with E-state index >= 15 is 8.78 Å². The van der Waals surface area contributed by atoms with Crippen molar-refractivity contribution in [1.29, 1.82) is 5.26 Å². The minimum atomic E-state index is -1.78. The molecule has 220 valence electrons. The molecule has 3 unspecified atom stereocenters. The summed E-state index contributed by atoms with van der Waals surface area (Å²) in [6.45, 7) is 5.81. The Hall–Kier alpha value is -3.71. The monoisotopic (exact) mass is 615 g/mol. The maximum absolute atomic E-state index is 15.8. The van der Waals surface area contributed by atoms with Crippen LogP contribution in [0.15, 0.2) is 54.6 Å². The summed E-state index contributed by atoms with van der Waals surface area (Å²) < 4.78 is 36.8. The number of aromatic carboxylic acids is 1. The molecular formula is C31H29Cl2F2N3O4. The number of benzene rings is 3. The zero-order chi connectivity index (χ0) is 31.0. The van der Waals surface area contributed by atoms with E-state index in [9.17, 15) is 20.0 Å². The van der Waals surface area contributed by atoms with Gasteiger partial charge in [-0.3, -0.25) is 4.79 Å². The van der Waals surface area contributed by atoms with Crippen molar-refractivity contribution in [3.63, 3.8) is 0 Å². The molecule has 1 saturated heterocycles. The summed E-state index contributed by atoms with van der Waals surface area (Å²) in [5.41, 5.74) is -2.18. The van der Waals surface area contributed by atoms with Crippen molar-refractivity contribution in [2.75, 3.05) is 12.4 Å². The van der Waals surface area contributed by atoms with E-state index in [0.29, 0.717) is 6.42 Å². The van der Waals surface area contributed by atoms with E-state index in [-0.39, 0.29) is 38.2 Å². The van der Waals surface area contributed by atoms with Crippen LogP contribution >= 0.6 is 23.2 Å². The molecule has 1 amide bonds. The fourth-order valence-electron chi connectivity index (χ4n) is 5.69. The molecule has 4 rings (SSSR count). The number of nitrogens with zero attached hydrogens (tertiary/aromatic N) is 1. The number of carboxylic acid groups (broad SMARTS) is 1. The Morgan fingerprint density at radius 3 is 2.45 bits per heavy atom. The summed E-state index contributed by atoms with van der Waals surface area (Å²) in [6.07, 6.45) is 0.307. The summed E-state index contributed by atoms with van der Waals surface area (Å²) in [5.74, 6) is -4.65. The molecule has 0 aromatic heterocycles. The van der Waals surface area contributed by atoms with Gasteiger partial charge in [0.1, 0.15) is 22.8 Å². The number of ether oxygens (including phenoxy) is 1. The first-order valence-electron chi connectivity index (χ1n) is 13.0. The van der Waals surface area contributed by atoms with Gasteiger partial charge in [0, 0.05) is 22.5 Å². The molecule has 11 heteroatoms. The lowest BCUT2D eigenvalue weighted by Gasteiger charge is -2.37. The van der Waals surface area contributed by atoms with Crippen LogP contribution in [0.5, 0.6) is 5.75 Å². The maximum Gasteiger partial charge on any atom is 0.335 e. The molecule has 4 atom stereocenters. The van der Waals surface area contributed by atoms with Crippen LogP contribution in [-0.2, 0) is 10.2 Å². The molecule has 1 heterocycles.